The molecule has 2 aromatic rings. The Balaban J connectivity index is 1.90. The molecule has 6 heteroatoms. The van der Waals surface area contributed by atoms with Crippen molar-refractivity contribution in [3.63, 3.8) is 0 Å². The highest BCUT2D eigenvalue weighted by Crippen LogP contribution is 2.23. The number of carbonyl (C=O) groups is 1. The summed E-state index contributed by atoms with van der Waals surface area (Å²) in [6, 6.07) is 10.7. The number of hydrogen-bond acceptors (Lipinski definition) is 4. The summed E-state index contributed by atoms with van der Waals surface area (Å²) >= 11 is 0. The Bertz CT molecular complexity index is 853. The Morgan fingerprint density at radius 3 is 2.62 bits per heavy atom. The summed E-state index contributed by atoms with van der Waals surface area (Å²) in [5.74, 6) is 1.43. The monoisotopic (exact) mass is 347 g/mol. The second kappa shape index (κ2) is 6.43. The van der Waals surface area contributed by atoms with E-state index in [1.807, 2.05) is 44.2 Å². The fourth-order valence-electron chi connectivity index (χ4n) is 3.07. The lowest BCUT2D eigenvalue weighted by atomic mass is 10.1. The maximum atomic E-state index is 13.0. The molecule has 1 saturated heterocycles. The van der Waals surface area contributed by atoms with Crippen LogP contribution in [0.15, 0.2) is 40.8 Å². The molecular formula is C18H21NO4S. The summed E-state index contributed by atoms with van der Waals surface area (Å²) in [6.07, 6.45) is 0.472. The van der Waals surface area contributed by atoms with Gasteiger partial charge in [-0.2, -0.15) is 0 Å². The third kappa shape index (κ3) is 3.70. The highest BCUT2D eigenvalue weighted by molar-refractivity contribution is 7.91. The zero-order valence-electron chi connectivity index (χ0n) is 13.9. The molecule has 0 radical (unpaired) electrons. The van der Waals surface area contributed by atoms with Crippen LogP contribution < -0.4 is 0 Å². The summed E-state index contributed by atoms with van der Waals surface area (Å²) in [6.45, 7) is 4.05. The summed E-state index contributed by atoms with van der Waals surface area (Å²) in [4.78, 5) is 14.6. The Labute approximate surface area is 142 Å². The van der Waals surface area contributed by atoms with E-state index in [0.717, 1.165) is 11.3 Å². The molecule has 0 spiro atoms. The van der Waals surface area contributed by atoms with Crippen molar-refractivity contribution in [3.05, 3.63) is 59.0 Å². The molecule has 1 aliphatic rings. The van der Waals surface area contributed by atoms with Crippen LogP contribution in [0.25, 0.3) is 0 Å². The molecule has 0 unspecified atom stereocenters. The molecule has 0 saturated carbocycles. The molecule has 1 atom stereocenters. The standard InChI is InChI=1S/C18H21NO4S/c1-13-4-3-5-15(10-13)18(20)19(11-17-7-6-14(2)23-17)16-8-9-24(21,22)12-16/h3-7,10,16H,8-9,11-12H2,1-2H3/t16-/m0/s1. The van der Waals surface area contributed by atoms with Crippen molar-refractivity contribution >= 4 is 15.7 Å². The average molecular weight is 347 g/mol. The quantitative estimate of drug-likeness (QED) is 0.853. The second-order valence-electron chi connectivity index (χ2n) is 6.37. The lowest BCUT2D eigenvalue weighted by molar-refractivity contribution is 0.0665. The Morgan fingerprint density at radius 1 is 1.25 bits per heavy atom. The number of aryl methyl sites for hydroxylation is 2. The third-order valence-electron chi connectivity index (χ3n) is 4.30. The van der Waals surface area contributed by atoms with Gasteiger partial charge in [0.1, 0.15) is 11.5 Å². The molecule has 1 fully saturated rings. The van der Waals surface area contributed by atoms with Crippen LogP contribution in [0.3, 0.4) is 0 Å². The highest BCUT2D eigenvalue weighted by Gasteiger charge is 2.35. The van der Waals surface area contributed by atoms with Crippen LogP contribution in [0.4, 0.5) is 0 Å². The van der Waals surface area contributed by atoms with Crippen LogP contribution in [0, 0.1) is 13.8 Å². The Kier molecular flexibility index (Phi) is 4.49. The lowest BCUT2D eigenvalue weighted by Gasteiger charge is -2.27. The van der Waals surface area contributed by atoms with E-state index in [4.69, 9.17) is 4.42 Å². The van der Waals surface area contributed by atoms with Crippen molar-refractivity contribution in [1.82, 2.24) is 4.90 Å². The number of hydrogen-bond donors (Lipinski definition) is 0. The van der Waals surface area contributed by atoms with E-state index >= 15 is 0 Å². The van der Waals surface area contributed by atoms with Gasteiger partial charge in [-0.3, -0.25) is 4.79 Å². The van der Waals surface area contributed by atoms with Gasteiger partial charge in [0.25, 0.3) is 5.91 Å². The second-order valence-corrected chi connectivity index (χ2v) is 8.60. The van der Waals surface area contributed by atoms with Crippen LogP contribution in [0.1, 0.15) is 33.9 Å². The van der Waals surface area contributed by atoms with Crippen molar-refractivity contribution in [3.8, 4) is 0 Å². The van der Waals surface area contributed by atoms with E-state index in [1.165, 1.54) is 0 Å². The fraction of sp³-hybridized carbons (Fsp3) is 0.389. The smallest absolute Gasteiger partial charge is 0.254 e. The first-order valence-electron chi connectivity index (χ1n) is 7.97. The number of carbonyl (C=O) groups excluding carboxylic acids is 1. The minimum Gasteiger partial charge on any atom is -0.464 e. The molecular weight excluding hydrogens is 326 g/mol. The average Bonchev–Trinajstić information content (AvgIpc) is 3.09. The van der Waals surface area contributed by atoms with Gasteiger partial charge in [0.15, 0.2) is 9.84 Å². The van der Waals surface area contributed by atoms with Crippen molar-refractivity contribution in [1.29, 1.82) is 0 Å². The SMILES string of the molecule is Cc1cccc(C(=O)N(Cc2ccc(C)o2)[C@H]2CCS(=O)(=O)C2)c1. The van der Waals surface area contributed by atoms with Crippen LogP contribution in [-0.2, 0) is 16.4 Å². The van der Waals surface area contributed by atoms with Gasteiger partial charge in [0.05, 0.1) is 18.1 Å². The van der Waals surface area contributed by atoms with Gasteiger partial charge < -0.3 is 9.32 Å². The molecule has 0 N–H and O–H groups in total. The molecule has 5 nitrogen and oxygen atoms in total. The number of rotatable bonds is 4. The normalized spacial score (nSPS) is 19.3. The van der Waals surface area contributed by atoms with Gasteiger partial charge in [-0.05, 0) is 44.5 Å². The van der Waals surface area contributed by atoms with Crippen LogP contribution in [0.2, 0.25) is 0 Å². The molecule has 0 bridgehead atoms. The summed E-state index contributed by atoms with van der Waals surface area (Å²) in [7, 11) is -3.08. The Morgan fingerprint density at radius 2 is 2.04 bits per heavy atom. The first kappa shape index (κ1) is 16.8. The van der Waals surface area contributed by atoms with Crippen LogP contribution in [0.5, 0.6) is 0 Å². The van der Waals surface area contributed by atoms with E-state index in [-0.39, 0.29) is 30.0 Å². The molecule has 24 heavy (non-hydrogen) atoms. The number of benzene rings is 1. The van der Waals surface area contributed by atoms with E-state index in [9.17, 15) is 13.2 Å². The molecule has 3 rings (SSSR count). The molecule has 1 aromatic carbocycles. The van der Waals surface area contributed by atoms with E-state index in [2.05, 4.69) is 0 Å². The fourth-order valence-corrected chi connectivity index (χ4v) is 4.80. The predicted octanol–water partition coefficient (Wildman–Crippen LogP) is 2.73. The van der Waals surface area contributed by atoms with Gasteiger partial charge in [0, 0.05) is 11.6 Å². The van der Waals surface area contributed by atoms with Crippen molar-refractivity contribution in [2.45, 2.75) is 32.9 Å². The molecule has 128 valence electrons. The number of sulfone groups is 1. The molecule has 1 aromatic heterocycles. The van der Waals surface area contributed by atoms with E-state index < -0.39 is 9.84 Å². The maximum Gasteiger partial charge on any atom is 0.254 e. The minimum atomic E-state index is -3.08. The van der Waals surface area contributed by atoms with E-state index in [1.54, 1.807) is 11.0 Å². The van der Waals surface area contributed by atoms with Gasteiger partial charge in [-0.25, -0.2) is 8.42 Å². The van der Waals surface area contributed by atoms with Crippen molar-refractivity contribution in [2.24, 2.45) is 0 Å². The molecule has 2 heterocycles. The van der Waals surface area contributed by atoms with Crippen molar-refractivity contribution < 1.29 is 17.6 Å². The largest absolute Gasteiger partial charge is 0.464 e. The molecule has 0 aliphatic carbocycles. The van der Waals surface area contributed by atoms with Gasteiger partial charge >= 0.3 is 0 Å². The van der Waals surface area contributed by atoms with Crippen LogP contribution >= 0.6 is 0 Å². The first-order chi connectivity index (χ1) is 11.3. The topological polar surface area (TPSA) is 67.6 Å². The summed E-state index contributed by atoms with van der Waals surface area (Å²) in [5, 5.41) is 0. The number of furan rings is 1. The predicted molar refractivity (Wildman–Crippen MR) is 91.6 cm³/mol. The lowest BCUT2D eigenvalue weighted by Crippen LogP contribution is -2.40. The number of nitrogens with zero attached hydrogens (tertiary/aromatic N) is 1. The zero-order valence-corrected chi connectivity index (χ0v) is 14.7. The summed E-state index contributed by atoms with van der Waals surface area (Å²) in [5.41, 5.74) is 1.57. The minimum absolute atomic E-state index is 0.0181. The molecule has 1 amide bonds. The van der Waals surface area contributed by atoms with Crippen LogP contribution in [-0.4, -0.2) is 36.8 Å². The van der Waals surface area contributed by atoms with Crippen molar-refractivity contribution in [2.75, 3.05) is 11.5 Å². The molecule has 1 aliphatic heterocycles. The van der Waals surface area contributed by atoms with Gasteiger partial charge in [-0.1, -0.05) is 17.7 Å². The van der Waals surface area contributed by atoms with Gasteiger partial charge in [0.2, 0.25) is 0 Å². The maximum absolute atomic E-state index is 13.0. The Hall–Kier alpha value is -2.08. The van der Waals surface area contributed by atoms with E-state index in [0.29, 0.717) is 17.7 Å². The summed E-state index contributed by atoms with van der Waals surface area (Å²) < 4.78 is 29.3. The first-order valence-corrected chi connectivity index (χ1v) is 9.79. The highest BCUT2D eigenvalue weighted by atomic mass is 32.2. The van der Waals surface area contributed by atoms with Gasteiger partial charge in [-0.15, -0.1) is 0 Å². The third-order valence-corrected chi connectivity index (χ3v) is 6.05. The zero-order chi connectivity index (χ0) is 17.3. The number of amides is 1.